The van der Waals surface area contributed by atoms with E-state index in [0.29, 0.717) is 30.9 Å². The number of fused-ring (bicyclic) bond motifs is 2. The second kappa shape index (κ2) is 8.26. The maximum atomic E-state index is 14.4. The van der Waals surface area contributed by atoms with Crippen LogP contribution in [0.3, 0.4) is 0 Å². The largest absolute Gasteiger partial charge is 0.330 e. The summed E-state index contributed by atoms with van der Waals surface area (Å²) in [6.45, 7) is 5.15. The first-order valence-corrected chi connectivity index (χ1v) is 13.5. The Kier molecular flexibility index (Phi) is 5.91. The number of nitrogens with zero attached hydrogens (tertiary/aromatic N) is 2. The zero-order chi connectivity index (χ0) is 23.3. The van der Waals surface area contributed by atoms with Gasteiger partial charge in [-0.3, -0.25) is 0 Å². The molecule has 0 radical (unpaired) electrons. The fourth-order valence-electron chi connectivity index (χ4n) is 4.57. The van der Waals surface area contributed by atoms with Crippen LogP contribution in [0.1, 0.15) is 13.8 Å². The normalized spacial score (nSPS) is 22.9. The molecule has 2 heterocycles. The highest BCUT2D eigenvalue weighted by Gasteiger charge is 2.57. The predicted octanol–water partition coefficient (Wildman–Crippen LogP) is 2.87. The van der Waals surface area contributed by atoms with Crippen LogP contribution in [-0.2, 0) is 20.0 Å². The zero-order valence-corrected chi connectivity index (χ0v) is 19.5. The lowest BCUT2D eigenvalue weighted by Crippen LogP contribution is -2.34. The Morgan fingerprint density at radius 1 is 0.938 bits per heavy atom. The monoisotopic (exact) mass is 479 g/mol. The van der Waals surface area contributed by atoms with Crippen molar-refractivity contribution in [1.82, 2.24) is 8.28 Å². The third-order valence-corrected chi connectivity index (χ3v) is 9.89. The number of piperidine rings is 1. The van der Waals surface area contributed by atoms with Crippen molar-refractivity contribution in [3.63, 3.8) is 0 Å². The number of nitrogens with two attached hydrogens (primary N) is 1. The minimum Gasteiger partial charge on any atom is -0.330 e. The first kappa shape index (κ1) is 22.9. The predicted molar refractivity (Wildman–Crippen MR) is 121 cm³/mol. The second-order valence-electron chi connectivity index (χ2n) is 7.79. The van der Waals surface area contributed by atoms with Gasteiger partial charge in [0.05, 0.1) is 5.52 Å². The average molecular weight is 480 g/mol. The molecule has 1 saturated heterocycles. The Bertz CT molecular complexity index is 1360. The Labute approximate surface area is 187 Å². The molecule has 2 atom stereocenters. The van der Waals surface area contributed by atoms with Crippen LogP contribution in [0.25, 0.3) is 10.9 Å². The number of hydrogen-bond donors (Lipinski definition) is 1. The van der Waals surface area contributed by atoms with Gasteiger partial charge in [0.1, 0.15) is 10.7 Å². The number of hydrogen-bond acceptors (Lipinski definition) is 5. The molecule has 5 rings (SSSR count). The molecule has 2 fully saturated rings. The summed E-state index contributed by atoms with van der Waals surface area (Å²) >= 11 is 0. The molecule has 1 aromatic heterocycles. The Balaban J connectivity index is 0.00000119. The van der Waals surface area contributed by atoms with Gasteiger partial charge in [-0.2, -0.15) is 4.31 Å². The summed E-state index contributed by atoms with van der Waals surface area (Å²) in [6.07, 6.45) is 0. The molecule has 10 heteroatoms. The van der Waals surface area contributed by atoms with Crippen LogP contribution in [0.2, 0.25) is 0 Å². The molecule has 0 bridgehead atoms. The number of rotatable bonds is 5. The van der Waals surface area contributed by atoms with Crippen LogP contribution in [0.4, 0.5) is 4.39 Å². The number of aromatic nitrogens is 1. The van der Waals surface area contributed by atoms with Crippen LogP contribution in [0, 0.1) is 23.6 Å². The SMILES string of the molecule is CC.NCC1C2CN(S(=O)(=O)c3cc4ccccc4n3S(=O)(=O)c3ccccc3F)CC12. The van der Waals surface area contributed by atoms with Crippen molar-refractivity contribution in [2.24, 2.45) is 23.5 Å². The highest BCUT2D eigenvalue weighted by Crippen LogP contribution is 2.52. The highest BCUT2D eigenvalue weighted by molar-refractivity contribution is 7.92. The standard InChI is InChI=1S/C20H20FN3O4S2.C2H6/c21-17-6-2-4-8-19(17)29(25,26)24-18-7-3-1-5-13(18)9-20(24)30(27,28)23-11-15-14(10-22)16(15)12-23;1-2/h1-9,14-16H,10-12,22H2;1-2H3. The van der Waals surface area contributed by atoms with Crippen molar-refractivity contribution in [1.29, 1.82) is 0 Å². The van der Waals surface area contributed by atoms with Crippen molar-refractivity contribution in [3.8, 4) is 0 Å². The fraction of sp³-hybridized carbons (Fsp3) is 0.364. The van der Waals surface area contributed by atoms with Crippen molar-refractivity contribution in [2.45, 2.75) is 23.8 Å². The summed E-state index contributed by atoms with van der Waals surface area (Å²) in [5, 5.41) is 0.0673. The van der Waals surface area contributed by atoms with E-state index in [1.54, 1.807) is 18.2 Å². The van der Waals surface area contributed by atoms with Gasteiger partial charge in [0, 0.05) is 18.5 Å². The first-order chi connectivity index (χ1) is 15.3. The van der Waals surface area contributed by atoms with E-state index in [0.717, 1.165) is 16.1 Å². The summed E-state index contributed by atoms with van der Waals surface area (Å²) in [5.74, 6) is -0.187. The molecule has 2 aromatic carbocycles. The quantitative estimate of drug-likeness (QED) is 0.606. The van der Waals surface area contributed by atoms with Crippen LogP contribution < -0.4 is 5.73 Å². The summed E-state index contributed by atoms with van der Waals surface area (Å²) in [7, 11) is -8.61. The molecule has 3 aromatic rings. The van der Waals surface area contributed by atoms with E-state index >= 15 is 0 Å². The lowest BCUT2D eigenvalue weighted by atomic mass is 10.3. The van der Waals surface area contributed by atoms with E-state index in [1.807, 2.05) is 13.8 Å². The summed E-state index contributed by atoms with van der Waals surface area (Å²) < 4.78 is 70.2. The Morgan fingerprint density at radius 2 is 1.53 bits per heavy atom. The lowest BCUT2D eigenvalue weighted by Gasteiger charge is -2.20. The molecule has 0 amide bonds. The van der Waals surface area contributed by atoms with Crippen molar-refractivity contribution in [3.05, 3.63) is 60.4 Å². The molecule has 7 nitrogen and oxygen atoms in total. The zero-order valence-electron chi connectivity index (χ0n) is 17.8. The summed E-state index contributed by atoms with van der Waals surface area (Å²) in [5.41, 5.74) is 5.90. The van der Waals surface area contributed by atoms with Gasteiger partial charge < -0.3 is 5.73 Å². The van der Waals surface area contributed by atoms with Gasteiger partial charge >= 0.3 is 0 Å². The van der Waals surface area contributed by atoms with Gasteiger partial charge in [-0.1, -0.05) is 44.2 Å². The Hall–Kier alpha value is -2.27. The first-order valence-electron chi connectivity index (χ1n) is 10.6. The van der Waals surface area contributed by atoms with Crippen LogP contribution in [0.5, 0.6) is 0 Å². The molecule has 172 valence electrons. The molecule has 0 spiro atoms. The minimum absolute atomic E-state index is 0.184. The number of benzene rings is 2. The van der Waals surface area contributed by atoms with Gasteiger partial charge in [-0.15, -0.1) is 0 Å². The minimum atomic E-state index is -4.50. The van der Waals surface area contributed by atoms with Crippen molar-refractivity contribution < 1.29 is 21.2 Å². The highest BCUT2D eigenvalue weighted by atomic mass is 32.2. The average Bonchev–Trinajstić information content (AvgIpc) is 3.12. The van der Waals surface area contributed by atoms with E-state index in [1.165, 1.54) is 28.6 Å². The molecule has 1 saturated carbocycles. The number of sulfonamides is 1. The van der Waals surface area contributed by atoms with Crippen molar-refractivity contribution >= 4 is 30.9 Å². The van der Waals surface area contributed by atoms with Gasteiger partial charge in [-0.05, 0) is 48.6 Å². The van der Waals surface area contributed by atoms with E-state index in [9.17, 15) is 21.2 Å². The number of para-hydroxylation sites is 1. The molecule has 2 aliphatic rings. The topological polar surface area (TPSA) is 102 Å². The van der Waals surface area contributed by atoms with Gasteiger partial charge in [0.25, 0.3) is 20.0 Å². The summed E-state index contributed by atoms with van der Waals surface area (Å²) in [4.78, 5) is -0.574. The molecule has 2 N–H and O–H groups in total. The fourth-order valence-corrected chi connectivity index (χ4v) is 8.21. The van der Waals surface area contributed by atoms with E-state index < -0.39 is 30.8 Å². The van der Waals surface area contributed by atoms with Crippen LogP contribution in [0.15, 0.2) is 64.5 Å². The van der Waals surface area contributed by atoms with Crippen molar-refractivity contribution in [2.75, 3.05) is 19.6 Å². The number of halogens is 1. The Morgan fingerprint density at radius 3 is 2.16 bits per heavy atom. The molecule has 1 aliphatic carbocycles. The maximum absolute atomic E-state index is 14.4. The summed E-state index contributed by atoms with van der Waals surface area (Å²) in [6, 6.07) is 12.7. The molecule has 1 aliphatic heterocycles. The maximum Gasteiger partial charge on any atom is 0.272 e. The molecular weight excluding hydrogens is 453 g/mol. The van der Waals surface area contributed by atoms with Crippen LogP contribution in [-0.4, -0.2) is 44.7 Å². The van der Waals surface area contributed by atoms with Gasteiger partial charge in [0.15, 0.2) is 5.03 Å². The van der Waals surface area contributed by atoms with E-state index in [-0.39, 0.29) is 22.4 Å². The third-order valence-electron chi connectivity index (χ3n) is 6.20. The molecular formula is C22H26FN3O4S2. The smallest absolute Gasteiger partial charge is 0.272 e. The van der Waals surface area contributed by atoms with Crippen LogP contribution >= 0.6 is 0 Å². The second-order valence-corrected chi connectivity index (χ2v) is 11.4. The molecule has 32 heavy (non-hydrogen) atoms. The molecule has 2 unspecified atom stereocenters. The van der Waals surface area contributed by atoms with Gasteiger partial charge in [-0.25, -0.2) is 25.2 Å². The van der Waals surface area contributed by atoms with E-state index in [4.69, 9.17) is 5.73 Å². The third kappa shape index (κ3) is 3.45. The van der Waals surface area contributed by atoms with Gasteiger partial charge in [0.2, 0.25) is 0 Å². The van der Waals surface area contributed by atoms with E-state index in [2.05, 4.69) is 0 Å². The lowest BCUT2D eigenvalue weighted by molar-refractivity contribution is 0.411.